The van der Waals surface area contributed by atoms with Gasteiger partial charge in [-0.25, -0.2) is 4.79 Å². The summed E-state index contributed by atoms with van der Waals surface area (Å²) in [6.45, 7) is 0.709. The van der Waals surface area contributed by atoms with E-state index in [9.17, 15) is 4.79 Å². The fourth-order valence-corrected chi connectivity index (χ4v) is 3.53. The Bertz CT molecular complexity index is 851. The van der Waals surface area contributed by atoms with Crippen molar-refractivity contribution in [1.82, 2.24) is 9.55 Å². The molecule has 3 heterocycles. The first-order valence-electron chi connectivity index (χ1n) is 6.82. The Hall–Kier alpha value is -2.40. The van der Waals surface area contributed by atoms with E-state index in [1.165, 1.54) is 4.88 Å². The number of nitrogens with zero attached hydrogens (tertiary/aromatic N) is 2. The van der Waals surface area contributed by atoms with Crippen LogP contribution < -0.4 is 11.0 Å². The fraction of sp³-hybridized carbons (Fsp3) is 0.125. The van der Waals surface area contributed by atoms with Gasteiger partial charge in [-0.2, -0.15) is 4.98 Å². The summed E-state index contributed by atoms with van der Waals surface area (Å²) in [7, 11) is 0. The lowest BCUT2D eigenvalue weighted by molar-refractivity contribution is 0.647. The number of aryl methyl sites for hydroxylation is 1. The molecule has 0 saturated carbocycles. The summed E-state index contributed by atoms with van der Waals surface area (Å²) in [5.41, 5.74) is 2.84. The molecule has 4 rings (SSSR count). The van der Waals surface area contributed by atoms with Crippen LogP contribution in [0.2, 0.25) is 0 Å². The molecule has 1 aliphatic rings. The highest BCUT2D eigenvalue weighted by Crippen LogP contribution is 2.33. The van der Waals surface area contributed by atoms with Crippen LogP contribution in [0, 0.1) is 0 Å². The van der Waals surface area contributed by atoms with Crippen molar-refractivity contribution < 1.29 is 0 Å². The molecule has 0 unspecified atom stereocenters. The highest BCUT2D eigenvalue weighted by atomic mass is 32.1. The molecular weight excluding hydrogens is 282 g/mol. The zero-order valence-corrected chi connectivity index (χ0v) is 12.1. The zero-order chi connectivity index (χ0) is 14.2. The molecular formula is C16H13N3OS. The molecule has 0 spiro atoms. The lowest BCUT2D eigenvalue weighted by atomic mass is 10.1. The lowest BCUT2D eigenvalue weighted by Crippen LogP contribution is -2.28. The quantitative estimate of drug-likeness (QED) is 0.789. The van der Waals surface area contributed by atoms with Gasteiger partial charge in [0.05, 0.1) is 5.69 Å². The van der Waals surface area contributed by atoms with Crippen molar-refractivity contribution in [2.45, 2.75) is 13.0 Å². The largest absolute Gasteiger partial charge is 0.350 e. The summed E-state index contributed by atoms with van der Waals surface area (Å²) in [4.78, 5) is 17.7. The molecule has 104 valence electrons. The minimum atomic E-state index is -0.192. The van der Waals surface area contributed by atoms with Crippen LogP contribution in [-0.2, 0) is 13.0 Å². The second-order valence-corrected chi connectivity index (χ2v) is 5.96. The third-order valence-electron chi connectivity index (χ3n) is 3.64. The fourth-order valence-electron chi connectivity index (χ4n) is 2.65. The minimum absolute atomic E-state index is 0.192. The van der Waals surface area contributed by atoms with E-state index in [4.69, 9.17) is 0 Å². The van der Waals surface area contributed by atoms with Crippen LogP contribution >= 0.6 is 11.3 Å². The molecule has 5 heteroatoms. The normalized spacial score (nSPS) is 12.6. The first-order valence-corrected chi connectivity index (χ1v) is 7.70. The maximum atomic E-state index is 12.2. The first-order chi connectivity index (χ1) is 10.3. The van der Waals surface area contributed by atoms with Crippen LogP contribution in [0.3, 0.4) is 0 Å². The van der Waals surface area contributed by atoms with Crippen molar-refractivity contribution in [2.75, 3.05) is 5.32 Å². The Balaban J connectivity index is 1.81. The number of thiophene rings is 1. The highest BCUT2D eigenvalue weighted by molar-refractivity contribution is 7.10. The van der Waals surface area contributed by atoms with E-state index in [1.807, 2.05) is 36.4 Å². The molecule has 1 aliphatic heterocycles. The SMILES string of the molecule is O=c1nc(Nc2ccccc2)cc2n1CCc1sccc1-2. The summed E-state index contributed by atoms with van der Waals surface area (Å²) in [6, 6.07) is 13.8. The summed E-state index contributed by atoms with van der Waals surface area (Å²) >= 11 is 1.75. The summed E-state index contributed by atoms with van der Waals surface area (Å²) in [6.07, 6.45) is 0.910. The summed E-state index contributed by atoms with van der Waals surface area (Å²) in [5, 5.41) is 5.28. The van der Waals surface area contributed by atoms with Gasteiger partial charge in [-0.15, -0.1) is 11.3 Å². The smallest absolute Gasteiger partial charge is 0.340 e. The topological polar surface area (TPSA) is 46.9 Å². The number of anilines is 2. The molecule has 0 bridgehead atoms. The number of hydrogen-bond acceptors (Lipinski definition) is 4. The molecule has 0 fully saturated rings. The minimum Gasteiger partial charge on any atom is -0.340 e. The van der Waals surface area contributed by atoms with Gasteiger partial charge in [-0.05, 0) is 23.6 Å². The molecule has 0 amide bonds. The van der Waals surface area contributed by atoms with E-state index >= 15 is 0 Å². The number of nitrogens with one attached hydrogen (secondary N) is 1. The van der Waals surface area contributed by atoms with E-state index in [0.717, 1.165) is 23.4 Å². The monoisotopic (exact) mass is 295 g/mol. The van der Waals surface area contributed by atoms with Crippen LogP contribution in [0.25, 0.3) is 11.3 Å². The Morgan fingerprint density at radius 1 is 1.19 bits per heavy atom. The first kappa shape index (κ1) is 12.3. The second kappa shape index (κ2) is 4.86. The van der Waals surface area contributed by atoms with Gasteiger partial charge in [-0.1, -0.05) is 18.2 Å². The van der Waals surface area contributed by atoms with Crippen molar-refractivity contribution in [2.24, 2.45) is 0 Å². The highest BCUT2D eigenvalue weighted by Gasteiger charge is 2.19. The maximum absolute atomic E-state index is 12.2. The van der Waals surface area contributed by atoms with Crippen LogP contribution in [-0.4, -0.2) is 9.55 Å². The predicted octanol–water partition coefficient (Wildman–Crippen LogP) is 3.27. The molecule has 1 aromatic carbocycles. The van der Waals surface area contributed by atoms with Gasteiger partial charge in [0, 0.05) is 35.2 Å². The van der Waals surface area contributed by atoms with E-state index in [2.05, 4.69) is 21.7 Å². The van der Waals surface area contributed by atoms with Crippen LogP contribution in [0.1, 0.15) is 4.88 Å². The Morgan fingerprint density at radius 3 is 2.90 bits per heavy atom. The molecule has 1 N–H and O–H groups in total. The van der Waals surface area contributed by atoms with Gasteiger partial charge in [0.2, 0.25) is 0 Å². The van der Waals surface area contributed by atoms with Crippen molar-refractivity contribution in [3.05, 3.63) is 63.2 Å². The molecule has 0 radical (unpaired) electrons. The number of benzene rings is 1. The zero-order valence-electron chi connectivity index (χ0n) is 11.2. The van der Waals surface area contributed by atoms with Crippen molar-refractivity contribution in [3.63, 3.8) is 0 Å². The standard InChI is InChI=1S/C16H13N3OS/c20-16-18-15(17-11-4-2-1-3-5-11)10-13-12-7-9-21-14(12)6-8-19(13)16/h1-5,7,9-10H,6,8H2,(H,17,18,20). The maximum Gasteiger partial charge on any atom is 0.350 e. The second-order valence-electron chi connectivity index (χ2n) is 4.96. The lowest BCUT2D eigenvalue weighted by Gasteiger charge is -2.19. The molecule has 2 aromatic heterocycles. The van der Waals surface area contributed by atoms with Crippen LogP contribution in [0.4, 0.5) is 11.5 Å². The van der Waals surface area contributed by atoms with Crippen LogP contribution in [0.5, 0.6) is 0 Å². The average molecular weight is 295 g/mol. The third kappa shape index (κ3) is 2.15. The number of hydrogen-bond donors (Lipinski definition) is 1. The molecule has 4 nitrogen and oxygen atoms in total. The number of para-hydroxylation sites is 1. The van der Waals surface area contributed by atoms with Crippen LogP contribution in [0.15, 0.2) is 52.6 Å². The Morgan fingerprint density at radius 2 is 2.05 bits per heavy atom. The van der Waals surface area contributed by atoms with Gasteiger partial charge < -0.3 is 5.32 Å². The van der Waals surface area contributed by atoms with Gasteiger partial charge >= 0.3 is 5.69 Å². The van der Waals surface area contributed by atoms with E-state index in [1.54, 1.807) is 15.9 Å². The van der Waals surface area contributed by atoms with E-state index in [-0.39, 0.29) is 5.69 Å². The third-order valence-corrected chi connectivity index (χ3v) is 4.62. The summed E-state index contributed by atoms with van der Waals surface area (Å²) in [5.74, 6) is 0.594. The van der Waals surface area contributed by atoms with Gasteiger partial charge in [0.1, 0.15) is 5.82 Å². The number of fused-ring (bicyclic) bond motifs is 3. The summed E-state index contributed by atoms with van der Waals surface area (Å²) < 4.78 is 1.76. The molecule has 3 aromatic rings. The number of rotatable bonds is 2. The molecule has 0 atom stereocenters. The van der Waals surface area contributed by atoms with Crippen molar-refractivity contribution >= 4 is 22.8 Å². The van der Waals surface area contributed by atoms with E-state index in [0.29, 0.717) is 12.4 Å². The molecule has 21 heavy (non-hydrogen) atoms. The van der Waals surface area contributed by atoms with Crippen molar-refractivity contribution in [1.29, 1.82) is 0 Å². The average Bonchev–Trinajstić information content (AvgIpc) is 2.97. The number of aromatic nitrogens is 2. The van der Waals surface area contributed by atoms with E-state index < -0.39 is 0 Å². The van der Waals surface area contributed by atoms with Gasteiger partial charge in [0.15, 0.2) is 0 Å². The molecule has 0 saturated heterocycles. The Kier molecular flexibility index (Phi) is 2.86. The Labute approximate surface area is 125 Å². The van der Waals surface area contributed by atoms with Crippen molar-refractivity contribution in [3.8, 4) is 11.3 Å². The van der Waals surface area contributed by atoms with Gasteiger partial charge in [0.25, 0.3) is 0 Å². The predicted molar refractivity (Wildman–Crippen MR) is 85.2 cm³/mol. The molecule has 0 aliphatic carbocycles. The van der Waals surface area contributed by atoms with Gasteiger partial charge in [-0.3, -0.25) is 4.57 Å².